The summed E-state index contributed by atoms with van der Waals surface area (Å²) in [5.74, 6) is -0.733. The van der Waals surface area contributed by atoms with Crippen molar-refractivity contribution < 1.29 is 22.3 Å². The SMILES string of the molecule is Cc1ccc(C(=O)NCC(C)(C)c2ccccc2F)cc1S(=O)(=O)N1CCOCC1. The second kappa shape index (κ2) is 8.83. The minimum Gasteiger partial charge on any atom is -0.379 e. The number of amides is 1. The Morgan fingerprint density at radius 1 is 1.17 bits per heavy atom. The predicted octanol–water partition coefficient (Wildman–Crippen LogP) is 2.86. The Hall–Kier alpha value is -2.29. The number of carbonyl (C=O) groups is 1. The predicted molar refractivity (Wildman–Crippen MR) is 113 cm³/mol. The van der Waals surface area contributed by atoms with Gasteiger partial charge in [0, 0.05) is 30.6 Å². The average Bonchev–Trinajstić information content (AvgIpc) is 2.73. The highest BCUT2D eigenvalue weighted by atomic mass is 32.2. The molecule has 8 heteroatoms. The summed E-state index contributed by atoms with van der Waals surface area (Å²) in [5, 5.41) is 2.81. The van der Waals surface area contributed by atoms with Gasteiger partial charge in [-0.2, -0.15) is 4.31 Å². The number of hydrogen-bond donors (Lipinski definition) is 1. The van der Waals surface area contributed by atoms with Crippen molar-refractivity contribution in [2.24, 2.45) is 0 Å². The van der Waals surface area contributed by atoms with Crippen LogP contribution >= 0.6 is 0 Å². The van der Waals surface area contributed by atoms with Crippen LogP contribution in [-0.4, -0.2) is 51.5 Å². The van der Waals surface area contributed by atoms with Crippen molar-refractivity contribution in [2.45, 2.75) is 31.1 Å². The van der Waals surface area contributed by atoms with Crippen LogP contribution in [0.2, 0.25) is 0 Å². The molecule has 2 aromatic carbocycles. The zero-order valence-corrected chi connectivity index (χ0v) is 18.3. The number of rotatable bonds is 6. The van der Waals surface area contributed by atoms with E-state index in [0.717, 1.165) is 0 Å². The molecule has 0 saturated carbocycles. The van der Waals surface area contributed by atoms with Crippen molar-refractivity contribution in [3.8, 4) is 0 Å². The van der Waals surface area contributed by atoms with E-state index in [2.05, 4.69) is 5.32 Å². The second-order valence-corrected chi connectivity index (χ2v) is 9.95. The molecule has 0 unspecified atom stereocenters. The summed E-state index contributed by atoms with van der Waals surface area (Å²) in [4.78, 5) is 12.9. The molecule has 3 rings (SSSR count). The summed E-state index contributed by atoms with van der Waals surface area (Å²) >= 11 is 0. The smallest absolute Gasteiger partial charge is 0.251 e. The van der Waals surface area contributed by atoms with Crippen molar-refractivity contribution in [3.05, 3.63) is 65.0 Å². The zero-order chi connectivity index (χ0) is 21.9. The van der Waals surface area contributed by atoms with Gasteiger partial charge in [0.1, 0.15) is 5.82 Å². The van der Waals surface area contributed by atoms with Gasteiger partial charge < -0.3 is 10.1 Å². The van der Waals surface area contributed by atoms with Gasteiger partial charge in [0.25, 0.3) is 5.91 Å². The van der Waals surface area contributed by atoms with E-state index in [9.17, 15) is 17.6 Å². The zero-order valence-electron chi connectivity index (χ0n) is 17.4. The first-order chi connectivity index (χ1) is 14.1. The fourth-order valence-electron chi connectivity index (χ4n) is 3.45. The van der Waals surface area contributed by atoms with Crippen LogP contribution in [-0.2, 0) is 20.2 Å². The Morgan fingerprint density at radius 3 is 2.50 bits per heavy atom. The van der Waals surface area contributed by atoms with E-state index in [1.807, 2.05) is 13.8 Å². The van der Waals surface area contributed by atoms with Crippen LogP contribution in [0.3, 0.4) is 0 Å². The molecule has 1 N–H and O–H groups in total. The van der Waals surface area contributed by atoms with Crippen molar-refractivity contribution in [2.75, 3.05) is 32.8 Å². The molecule has 2 aromatic rings. The van der Waals surface area contributed by atoms with Crippen LogP contribution in [0.4, 0.5) is 4.39 Å². The van der Waals surface area contributed by atoms with Crippen LogP contribution < -0.4 is 5.32 Å². The highest BCUT2D eigenvalue weighted by molar-refractivity contribution is 7.89. The molecule has 162 valence electrons. The molecule has 1 aliphatic heterocycles. The first kappa shape index (κ1) is 22.4. The van der Waals surface area contributed by atoms with Gasteiger partial charge in [-0.05, 0) is 36.2 Å². The van der Waals surface area contributed by atoms with E-state index in [1.54, 1.807) is 37.3 Å². The topological polar surface area (TPSA) is 75.7 Å². The molecule has 30 heavy (non-hydrogen) atoms. The number of ether oxygens (including phenoxy) is 1. The lowest BCUT2D eigenvalue weighted by molar-refractivity contribution is 0.0730. The van der Waals surface area contributed by atoms with E-state index in [1.165, 1.54) is 16.4 Å². The van der Waals surface area contributed by atoms with Gasteiger partial charge in [0.15, 0.2) is 0 Å². The first-order valence-corrected chi connectivity index (χ1v) is 11.3. The Bertz CT molecular complexity index is 1030. The van der Waals surface area contributed by atoms with E-state index >= 15 is 0 Å². The lowest BCUT2D eigenvalue weighted by Crippen LogP contribution is -2.41. The van der Waals surface area contributed by atoms with Crippen molar-refractivity contribution in [1.29, 1.82) is 0 Å². The molecule has 1 saturated heterocycles. The van der Waals surface area contributed by atoms with E-state index in [4.69, 9.17) is 4.74 Å². The number of halogens is 1. The summed E-state index contributed by atoms with van der Waals surface area (Å²) in [7, 11) is -3.72. The largest absolute Gasteiger partial charge is 0.379 e. The third kappa shape index (κ3) is 4.71. The molecular formula is C22H27FN2O4S. The number of aryl methyl sites for hydroxylation is 1. The molecule has 1 heterocycles. The van der Waals surface area contributed by atoms with Gasteiger partial charge in [-0.15, -0.1) is 0 Å². The van der Waals surface area contributed by atoms with Gasteiger partial charge in [-0.25, -0.2) is 12.8 Å². The van der Waals surface area contributed by atoms with Crippen LogP contribution in [0.15, 0.2) is 47.4 Å². The summed E-state index contributed by atoms with van der Waals surface area (Å²) in [6.45, 7) is 6.87. The number of morpholine rings is 1. The third-order valence-corrected chi connectivity index (χ3v) is 7.37. The van der Waals surface area contributed by atoms with Crippen LogP contribution in [0.25, 0.3) is 0 Å². The molecule has 0 aromatic heterocycles. The number of sulfonamides is 1. The number of nitrogens with one attached hydrogen (secondary N) is 1. The van der Waals surface area contributed by atoms with Gasteiger partial charge in [-0.3, -0.25) is 4.79 Å². The molecule has 1 fully saturated rings. The fourth-order valence-corrected chi connectivity index (χ4v) is 5.11. The summed E-state index contributed by atoms with van der Waals surface area (Å²) in [6.07, 6.45) is 0. The summed E-state index contributed by atoms with van der Waals surface area (Å²) < 4.78 is 46.8. The van der Waals surface area contributed by atoms with E-state index in [-0.39, 0.29) is 35.9 Å². The summed E-state index contributed by atoms with van der Waals surface area (Å²) in [6, 6.07) is 11.1. The van der Waals surface area contributed by atoms with Crippen LogP contribution in [0.1, 0.15) is 35.3 Å². The van der Waals surface area contributed by atoms with Crippen LogP contribution in [0.5, 0.6) is 0 Å². The van der Waals surface area contributed by atoms with Gasteiger partial charge in [0.05, 0.1) is 18.1 Å². The van der Waals surface area contributed by atoms with Crippen molar-refractivity contribution >= 4 is 15.9 Å². The highest BCUT2D eigenvalue weighted by Gasteiger charge is 2.29. The molecule has 1 aliphatic rings. The lowest BCUT2D eigenvalue weighted by Gasteiger charge is -2.27. The third-order valence-electron chi connectivity index (χ3n) is 5.33. The number of nitrogens with zero attached hydrogens (tertiary/aromatic N) is 1. The van der Waals surface area contributed by atoms with Gasteiger partial charge in [0.2, 0.25) is 10.0 Å². The van der Waals surface area contributed by atoms with Crippen LogP contribution in [0, 0.1) is 12.7 Å². The maximum absolute atomic E-state index is 14.1. The highest BCUT2D eigenvalue weighted by Crippen LogP contribution is 2.26. The number of benzene rings is 2. The minimum atomic E-state index is -3.72. The maximum atomic E-state index is 14.1. The van der Waals surface area contributed by atoms with E-state index < -0.39 is 21.3 Å². The second-order valence-electron chi connectivity index (χ2n) is 8.04. The monoisotopic (exact) mass is 434 g/mol. The molecule has 0 atom stereocenters. The molecule has 0 radical (unpaired) electrons. The lowest BCUT2D eigenvalue weighted by atomic mass is 9.84. The Kier molecular flexibility index (Phi) is 6.59. The molecule has 6 nitrogen and oxygen atoms in total. The normalized spacial score (nSPS) is 15.7. The number of carbonyl (C=O) groups excluding carboxylic acids is 1. The number of hydrogen-bond acceptors (Lipinski definition) is 4. The molecular weight excluding hydrogens is 407 g/mol. The Labute approximate surface area is 177 Å². The molecule has 0 aliphatic carbocycles. The maximum Gasteiger partial charge on any atom is 0.251 e. The van der Waals surface area contributed by atoms with Gasteiger partial charge in [-0.1, -0.05) is 38.1 Å². The molecule has 1 amide bonds. The van der Waals surface area contributed by atoms with Gasteiger partial charge >= 0.3 is 0 Å². The quantitative estimate of drug-likeness (QED) is 0.759. The first-order valence-electron chi connectivity index (χ1n) is 9.85. The van der Waals surface area contributed by atoms with E-state index in [0.29, 0.717) is 24.3 Å². The van der Waals surface area contributed by atoms with Crippen molar-refractivity contribution in [3.63, 3.8) is 0 Å². The Balaban J connectivity index is 1.79. The fraction of sp³-hybridized carbons (Fsp3) is 0.409. The average molecular weight is 435 g/mol. The standard InChI is InChI=1S/C22H27FN2O4S/c1-16-8-9-17(14-20(16)30(27,28)25-10-12-29-13-11-25)21(26)24-15-22(2,3)18-6-4-5-7-19(18)23/h4-9,14H,10-13,15H2,1-3H3,(H,24,26). The molecule has 0 bridgehead atoms. The molecule has 0 spiro atoms. The summed E-state index contributed by atoms with van der Waals surface area (Å²) in [5.41, 5.74) is 0.695. The Morgan fingerprint density at radius 2 is 1.83 bits per heavy atom. The van der Waals surface area contributed by atoms with Crippen molar-refractivity contribution in [1.82, 2.24) is 9.62 Å². The minimum absolute atomic E-state index is 0.116.